The fourth-order valence-electron chi connectivity index (χ4n) is 1.86. The number of benzene rings is 1. The van der Waals surface area contributed by atoms with Crippen LogP contribution in [0.15, 0.2) is 18.2 Å². The van der Waals surface area contributed by atoms with Crippen LogP contribution in [0.25, 0.3) is 0 Å². The number of amides is 1. The summed E-state index contributed by atoms with van der Waals surface area (Å²) < 4.78 is 4.56. The van der Waals surface area contributed by atoms with Gasteiger partial charge in [-0.15, -0.1) is 0 Å². The number of hydrogen-bond donors (Lipinski definition) is 1. The first kappa shape index (κ1) is 18.0. The smallest absolute Gasteiger partial charge is 0.328 e. The fraction of sp³-hybridized carbons (Fsp3) is 0.385. The number of methoxy groups -OCH3 is 1. The van der Waals surface area contributed by atoms with Crippen LogP contribution in [0.3, 0.4) is 0 Å². The second-order valence-electron chi connectivity index (χ2n) is 4.59. The molecule has 0 saturated carbocycles. The predicted molar refractivity (Wildman–Crippen MR) is 77.9 cm³/mol. The molecule has 1 N–H and O–H groups in total. The van der Waals surface area contributed by atoms with Crippen molar-refractivity contribution < 1.29 is 24.2 Å². The van der Waals surface area contributed by atoms with E-state index in [0.29, 0.717) is 12.8 Å². The molecule has 0 bridgehead atoms. The molecule has 1 atom stereocenters. The van der Waals surface area contributed by atoms with E-state index >= 15 is 0 Å². The first-order chi connectivity index (χ1) is 10.8. The number of nitro benzene ring substituents is 2. The molecule has 10 nitrogen and oxygen atoms in total. The van der Waals surface area contributed by atoms with Gasteiger partial charge in [0.05, 0.1) is 28.6 Å². The molecule has 0 spiro atoms. The Morgan fingerprint density at radius 2 is 1.70 bits per heavy atom. The van der Waals surface area contributed by atoms with Crippen molar-refractivity contribution in [3.8, 4) is 0 Å². The van der Waals surface area contributed by atoms with E-state index in [1.807, 2.05) is 0 Å². The summed E-state index contributed by atoms with van der Waals surface area (Å²) in [6.07, 6.45) is 0.880. The number of carbonyl (C=O) groups excluding carboxylic acids is 2. The maximum Gasteiger partial charge on any atom is 0.328 e. The van der Waals surface area contributed by atoms with E-state index in [9.17, 15) is 29.8 Å². The number of nitrogens with one attached hydrogen (secondary N) is 1. The van der Waals surface area contributed by atoms with Gasteiger partial charge in [0.2, 0.25) is 0 Å². The zero-order valence-electron chi connectivity index (χ0n) is 12.5. The molecule has 0 saturated heterocycles. The van der Waals surface area contributed by atoms with E-state index in [2.05, 4.69) is 10.1 Å². The average molecular weight is 325 g/mol. The van der Waals surface area contributed by atoms with Gasteiger partial charge in [-0.1, -0.05) is 13.3 Å². The van der Waals surface area contributed by atoms with Crippen LogP contribution in [0.5, 0.6) is 0 Å². The maximum atomic E-state index is 12.1. The minimum absolute atomic E-state index is 0.282. The van der Waals surface area contributed by atoms with Crippen LogP contribution in [-0.2, 0) is 9.53 Å². The Bertz CT molecular complexity index is 612. The van der Waals surface area contributed by atoms with E-state index in [0.717, 1.165) is 25.3 Å². The van der Waals surface area contributed by atoms with Crippen molar-refractivity contribution in [1.29, 1.82) is 0 Å². The third-order valence-electron chi connectivity index (χ3n) is 2.95. The van der Waals surface area contributed by atoms with Crippen LogP contribution in [0, 0.1) is 20.2 Å². The molecule has 0 heterocycles. The van der Waals surface area contributed by atoms with Crippen molar-refractivity contribution in [2.24, 2.45) is 0 Å². The maximum absolute atomic E-state index is 12.1. The van der Waals surface area contributed by atoms with Gasteiger partial charge >= 0.3 is 5.97 Å². The zero-order valence-corrected chi connectivity index (χ0v) is 12.5. The summed E-state index contributed by atoms with van der Waals surface area (Å²) in [7, 11) is 1.16. The molecule has 23 heavy (non-hydrogen) atoms. The van der Waals surface area contributed by atoms with E-state index in [1.54, 1.807) is 6.92 Å². The van der Waals surface area contributed by atoms with E-state index < -0.39 is 39.1 Å². The van der Waals surface area contributed by atoms with Crippen molar-refractivity contribution in [2.45, 2.75) is 25.8 Å². The van der Waals surface area contributed by atoms with Gasteiger partial charge in [0.25, 0.3) is 17.3 Å². The molecule has 1 rings (SSSR count). The molecule has 1 aromatic rings. The summed E-state index contributed by atoms with van der Waals surface area (Å²) in [5.74, 6) is -1.50. The average Bonchev–Trinajstić information content (AvgIpc) is 2.52. The van der Waals surface area contributed by atoms with Crippen LogP contribution in [-0.4, -0.2) is 34.9 Å². The molecule has 124 valence electrons. The molecule has 1 amide bonds. The van der Waals surface area contributed by atoms with Gasteiger partial charge < -0.3 is 10.1 Å². The zero-order chi connectivity index (χ0) is 17.6. The fourth-order valence-corrected chi connectivity index (χ4v) is 1.86. The van der Waals surface area contributed by atoms with Gasteiger partial charge in [0.1, 0.15) is 6.04 Å². The van der Waals surface area contributed by atoms with Gasteiger partial charge in [-0.3, -0.25) is 25.0 Å². The van der Waals surface area contributed by atoms with Crippen molar-refractivity contribution in [3.63, 3.8) is 0 Å². The highest BCUT2D eigenvalue weighted by Crippen LogP contribution is 2.22. The summed E-state index contributed by atoms with van der Waals surface area (Å²) in [4.78, 5) is 43.6. The summed E-state index contributed by atoms with van der Waals surface area (Å²) in [6, 6.07) is 1.63. The lowest BCUT2D eigenvalue weighted by molar-refractivity contribution is -0.394. The molecular formula is C13H15N3O7. The van der Waals surface area contributed by atoms with Gasteiger partial charge in [0.15, 0.2) is 0 Å². The van der Waals surface area contributed by atoms with E-state index in [1.165, 1.54) is 0 Å². The Balaban J connectivity index is 3.13. The quantitative estimate of drug-likeness (QED) is 0.455. The van der Waals surface area contributed by atoms with Crippen molar-refractivity contribution in [3.05, 3.63) is 44.0 Å². The molecule has 0 aromatic heterocycles. The van der Waals surface area contributed by atoms with Crippen LogP contribution >= 0.6 is 0 Å². The molecule has 0 aliphatic heterocycles. The number of nitrogens with zero attached hydrogens (tertiary/aromatic N) is 2. The molecule has 10 heteroatoms. The molecular weight excluding hydrogens is 310 g/mol. The number of carbonyl (C=O) groups is 2. The highest BCUT2D eigenvalue weighted by molar-refractivity contribution is 5.97. The number of ether oxygens (including phenoxy) is 1. The van der Waals surface area contributed by atoms with Crippen molar-refractivity contribution >= 4 is 23.3 Å². The lowest BCUT2D eigenvalue weighted by Gasteiger charge is -2.15. The number of rotatable bonds is 7. The Kier molecular flexibility index (Phi) is 6.13. The monoisotopic (exact) mass is 325 g/mol. The normalized spacial score (nSPS) is 11.4. The van der Waals surface area contributed by atoms with Gasteiger partial charge in [0, 0.05) is 12.1 Å². The predicted octanol–water partition coefficient (Wildman–Crippen LogP) is 1.57. The lowest BCUT2D eigenvalue weighted by Crippen LogP contribution is -2.41. The Hall–Kier alpha value is -3.04. The van der Waals surface area contributed by atoms with Gasteiger partial charge in [-0.25, -0.2) is 4.79 Å². The first-order valence-electron chi connectivity index (χ1n) is 6.62. The summed E-state index contributed by atoms with van der Waals surface area (Å²) in [5, 5.41) is 24.0. The number of esters is 1. The SMILES string of the molecule is CCCC(NC(=O)c1cc([N+](=O)[O-])cc([N+](=O)[O-])c1)C(=O)OC. The van der Waals surface area contributed by atoms with Crippen LogP contribution in [0.1, 0.15) is 30.1 Å². The number of nitro groups is 2. The molecule has 1 unspecified atom stereocenters. The summed E-state index contributed by atoms with van der Waals surface area (Å²) >= 11 is 0. The molecule has 0 aliphatic carbocycles. The first-order valence-corrected chi connectivity index (χ1v) is 6.62. The van der Waals surface area contributed by atoms with Crippen molar-refractivity contribution in [2.75, 3.05) is 7.11 Å². The van der Waals surface area contributed by atoms with Crippen LogP contribution in [0.2, 0.25) is 0 Å². The standard InChI is InChI=1S/C13H15N3O7/c1-3-4-11(13(18)23-2)14-12(17)8-5-9(15(19)20)7-10(6-8)16(21)22/h5-7,11H,3-4H2,1-2H3,(H,14,17). The largest absolute Gasteiger partial charge is 0.467 e. The van der Waals surface area contributed by atoms with E-state index in [-0.39, 0.29) is 5.56 Å². The summed E-state index contributed by atoms with van der Waals surface area (Å²) in [5.41, 5.74) is -1.46. The second kappa shape index (κ2) is 7.82. The number of non-ortho nitro benzene ring substituents is 2. The minimum Gasteiger partial charge on any atom is -0.467 e. The molecule has 1 aromatic carbocycles. The topological polar surface area (TPSA) is 142 Å². The Morgan fingerprint density at radius 3 is 2.09 bits per heavy atom. The van der Waals surface area contributed by atoms with Gasteiger partial charge in [-0.05, 0) is 6.42 Å². The van der Waals surface area contributed by atoms with Crippen LogP contribution < -0.4 is 5.32 Å². The highest BCUT2D eigenvalue weighted by Gasteiger charge is 2.24. The third kappa shape index (κ3) is 4.73. The third-order valence-corrected chi connectivity index (χ3v) is 2.95. The molecule has 0 aliphatic rings. The minimum atomic E-state index is -0.934. The Labute approximate surface area is 130 Å². The number of hydrogen-bond acceptors (Lipinski definition) is 7. The Morgan fingerprint density at radius 1 is 1.17 bits per heavy atom. The molecule has 0 radical (unpaired) electrons. The van der Waals surface area contributed by atoms with Gasteiger partial charge in [-0.2, -0.15) is 0 Å². The molecule has 0 fully saturated rings. The lowest BCUT2D eigenvalue weighted by atomic mass is 10.1. The highest BCUT2D eigenvalue weighted by atomic mass is 16.6. The van der Waals surface area contributed by atoms with E-state index in [4.69, 9.17) is 0 Å². The van der Waals surface area contributed by atoms with Crippen molar-refractivity contribution in [1.82, 2.24) is 5.32 Å². The van der Waals surface area contributed by atoms with Crippen LogP contribution in [0.4, 0.5) is 11.4 Å². The second-order valence-corrected chi connectivity index (χ2v) is 4.59. The summed E-state index contributed by atoms with van der Waals surface area (Å²) in [6.45, 7) is 1.79.